The Hall–Kier alpha value is -2.13. The van der Waals surface area contributed by atoms with Crippen molar-refractivity contribution in [1.29, 1.82) is 0 Å². The molecule has 4 heteroatoms. The highest BCUT2D eigenvalue weighted by Gasteiger charge is 2.31. The van der Waals surface area contributed by atoms with E-state index < -0.39 is 0 Å². The molecule has 0 heterocycles. The average molecular weight is 259 g/mol. The predicted octanol–water partition coefficient (Wildman–Crippen LogP) is 2.82. The molecule has 1 aliphatic carbocycles. The van der Waals surface area contributed by atoms with E-state index in [1.54, 1.807) is 24.3 Å². The molecule has 0 bridgehead atoms. The van der Waals surface area contributed by atoms with Crippen molar-refractivity contribution in [3.63, 3.8) is 0 Å². The van der Waals surface area contributed by atoms with Gasteiger partial charge in [-0.2, -0.15) is 0 Å². The van der Waals surface area contributed by atoms with Gasteiger partial charge in [-0.1, -0.05) is 35.9 Å². The summed E-state index contributed by atoms with van der Waals surface area (Å²) in [5.74, 6) is -0.779. The van der Waals surface area contributed by atoms with Crippen LogP contribution in [0.25, 0.3) is 0 Å². The molecule has 2 aromatic rings. The molecule has 0 aromatic heterocycles. The van der Waals surface area contributed by atoms with E-state index in [-0.39, 0.29) is 33.5 Å². The average Bonchev–Trinajstić information content (AvgIpc) is 2.39. The van der Waals surface area contributed by atoms with Crippen LogP contribution < -0.4 is 0 Å². The van der Waals surface area contributed by atoms with Crippen LogP contribution in [0.3, 0.4) is 0 Å². The molecule has 0 spiro atoms. The number of phenolic OH excluding ortho intramolecular Hbond substituents is 1. The molecule has 0 radical (unpaired) electrons. The Morgan fingerprint density at radius 1 is 0.833 bits per heavy atom. The van der Waals surface area contributed by atoms with Gasteiger partial charge in [0.1, 0.15) is 5.75 Å². The van der Waals surface area contributed by atoms with Crippen molar-refractivity contribution in [2.45, 2.75) is 0 Å². The highest BCUT2D eigenvalue weighted by atomic mass is 35.5. The SMILES string of the molecule is O=C1c2ccccc2C(=O)c2c1ccc(O)c2Cl. The van der Waals surface area contributed by atoms with Crippen LogP contribution in [0, 0.1) is 0 Å². The Balaban J connectivity index is 2.38. The third-order valence-corrected chi connectivity index (χ3v) is 3.39. The van der Waals surface area contributed by atoms with Crippen molar-refractivity contribution in [3.8, 4) is 5.75 Å². The second-order valence-electron chi connectivity index (χ2n) is 4.03. The van der Waals surface area contributed by atoms with Crippen molar-refractivity contribution >= 4 is 23.2 Å². The molecule has 18 heavy (non-hydrogen) atoms. The van der Waals surface area contributed by atoms with E-state index in [1.807, 2.05) is 0 Å². The maximum Gasteiger partial charge on any atom is 0.196 e. The van der Waals surface area contributed by atoms with Crippen LogP contribution in [0.4, 0.5) is 0 Å². The molecule has 0 aliphatic heterocycles. The van der Waals surface area contributed by atoms with Gasteiger partial charge >= 0.3 is 0 Å². The lowest BCUT2D eigenvalue weighted by atomic mass is 9.84. The molecule has 88 valence electrons. The number of fused-ring (bicyclic) bond motifs is 2. The molecule has 3 nitrogen and oxygen atoms in total. The van der Waals surface area contributed by atoms with Crippen LogP contribution in [0.5, 0.6) is 5.75 Å². The minimum absolute atomic E-state index is 0.0691. The number of aromatic hydroxyl groups is 1. The van der Waals surface area contributed by atoms with Crippen LogP contribution in [-0.4, -0.2) is 16.7 Å². The van der Waals surface area contributed by atoms with E-state index in [2.05, 4.69) is 0 Å². The molecule has 2 aromatic carbocycles. The number of rotatable bonds is 0. The molecule has 1 N–H and O–H groups in total. The zero-order valence-electron chi connectivity index (χ0n) is 9.11. The fourth-order valence-corrected chi connectivity index (χ4v) is 2.39. The van der Waals surface area contributed by atoms with Crippen LogP contribution in [0.15, 0.2) is 36.4 Å². The quantitative estimate of drug-likeness (QED) is 0.675. The first-order valence-corrected chi connectivity index (χ1v) is 5.69. The van der Waals surface area contributed by atoms with E-state index in [9.17, 15) is 14.7 Å². The lowest BCUT2D eigenvalue weighted by molar-refractivity contribution is 0.0979. The molecular weight excluding hydrogens is 252 g/mol. The van der Waals surface area contributed by atoms with Gasteiger partial charge in [0.05, 0.1) is 10.6 Å². The smallest absolute Gasteiger partial charge is 0.196 e. The Bertz CT molecular complexity index is 704. The summed E-state index contributed by atoms with van der Waals surface area (Å²) in [6, 6.07) is 9.33. The number of hydrogen-bond acceptors (Lipinski definition) is 3. The number of benzene rings is 2. The molecule has 0 atom stereocenters. The van der Waals surface area contributed by atoms with Gasteiger partial charge in [-0.3, -0.25) is 9.59 Å². The summed E-state index contributed by atoms with van der Waals surface area (Å²) in [4.78, 5) is 24.5. The Morgan fingerprint density at radius 2 is 1.44 bits per heavy atom. The number of phenols is 1. The summed E-state index contributed by atoms with van der Waals surface area (Å²) in [5.41, 5.74) is 1.01. The van der Waals surface area contributed by atoms with E-state index in [4.69, 9.17) is 11.6 Å². The molecule has 0 amide bonds. The molecular formula is C14H7ClO3. The minimum Gasteiger partial charge on any atom is -0.506 e. The highest BCUT2D eigenvalue weighted by Crippen LogP contribution is 2.36. The van der Waals surface area contributed by atoms with Crippen molar-refractivity contribution in [1.82, 2.24) is 0 Å². The Labute approximate surface area is 108 Å². The number of halogens is 1. The van der Waals surface area contributed by atoms with E-state index in [1.165, 1.54) is 12.1 Å². The van der Waals surface area contributed by atoms with Gasteiger partial charge < -0.3 is 5.11 Å². The van der Waals surface area contributed by atoms with Crippen molar-refractivity contribution < 1.29 is 14.7 Å². The lowest BCUT2D eigenvalue weighted by Gasteiger charge is -2.18. The molecule has 3 rings (SSSR count). The molecule has 1 aliphatic rings. The van der Waals surface area contributed by atoms with Crippen LogP contribution in [-0.2, 0) is 0 Å². The van der Waals surface area contributed by atoms with Gasteiger partial charge in [-0.25, -0.2) is 0 Å². The Kier molecular flexibility index (Phi) is 2.25. The van der Waals surface area contributed by atoms with Gasteiger partial charge in [-0.05, 0) is 12.1 Å². The number of carbonyl (C=O) groups excluding carboxylic acids is 2. The third-order valence-electron chi connectivity index (χ3n) is 3.01. The van der Waals surface area contributed by atoms with E-state index in [0.29, 0.717) is 11.1 Å². The first-order chi connectivity index (χ1) is 8.61. The normalized spacial score (nSPS) is 13.2. The van der Waals surface area contributed by atoms with E-state index >= 15 is 0 Å². The van der Waals surface area contributed by atoms with Crippen molar-refractivity contribution in [2.75, 3.05) is 0 Å². The first kappa shape index (κ1) is 11.0. The predicted molar refractivity (Wildman–Crippen MR) is 66.4 cm³/mol. The van der Waals surface area contributed by atoms with Crippen molar-refractivity contribution in [3.05, 3.63) is 63.7 Å². The van der Waals surface area contributed by atoms with Gasteiger partial charge in [0, 0.05) is 16.7 Å². The summed E-state index contributed by atoms with van der Waals surface area (Å²) in [6.07, 6.45) is 0. The summed E-state index contributed by atoms with van der Waals surface area (Å²) >= 11 is 5.91. The fraction of sp³-hybridized carbons (Fsp3) is 0. The highest BCUT2D eigenvalue weighted by molar-refractivity contribution is 6.40. The number of carbonyl (C=O) groups is 2. The minimum atomic E-state index is -0.332. The van der Waals surface area contributed by atoms with Gasteiger partial charge in [0.2, 0.25) is 0 Å². The molecule has 0 fully saturated rings. The largest absolute Gasteiger partial charge is 0.506 e. The second kappa shape index (κ2) is 3.68. The maximum absolute atomic E-state index is 12.3. The van der Waals surface area contributed by atoms with Gasteiger partial charge in [0.15, 0.2) is 11.6 Å². The fourth-order valence-electron chi connectivity index (χ4n) is 2.14. The number of ketones is 2. The third kappa shape index (κ3) is 1.31. The van der Waals surface area contributed by atoms with Gasteiger partial charge in [-0.15, -0.1) is 0 Å². The van der Waals surface area contributed by atoms with E-state index in [0.717, 1.165) is 0 Å². The van der Waals surface area contributed by atoms with Crippen LogP contribution in [0.1, 0.15) is 31.8 Å². The lowest BCUT2D eigenvalue weighted by Crippen LogP contribution is -2.21. The Morgan fingerprint density at radius 3 is 2.11 bits per heavy atom. The molecule has 0 unspecified atom stereocenters. The van der Waals surface area contributed by atoms with Gasteiger partial charge in [0.25, 0.3) is 0 Å². The first-order valence-electron chi connectivity index (χ1n) is 5.31. The zero-order chi connectivity index (χ0) is 12.9. The maximum atomic E-state index is 12.3. The summed E-state index contributed by atoms with van der Waals surface area (Å²) in [6.45, 7) is 0. The topological polar surface area (TPSA) is 54.4 Å². The second-order valence-corrected chi connectivity index (χ2v) is 4.40. The standard InChI is InChI=1S/C14H7ClO3/c15-12-10(16)6-5-9-11(12)14(18)8-4-2-1-3-7(8)13(9)17/h1-6,16H. The summed E-state index contributed by atoms with van der Waals surface area (Å²) < 4.78 is 0. The monoisotopic (exact) mass is 258 g/mol. The number of hydrogen-bond donors (Lipinski definition) is 1. The molecule has 0 saturated carbocycles. The zero-order valence-corrected chi connectivity index (χ0v) is 9.86. The van der Waals surface area contributed by atoms with Crippen molar-refractivity contribution in [2.24, 2.45) is 0 Å². The summed E-state index contributed by atoms with van der Waals surface area (Å²) in [5, 5.41) is 9.46. The molecule has 0 saturated heterocycles. The van der Waals surface area contributed by atoms with Crippen LogP contribution >= 0.6 is 11.6 Å². The van der Waals surface area contributed by atoms with Crippen LogP contribution in [0.2, 0.25) is 5.02 Å². The summed E-state index contributed by atoms with van der Waals surface area (Å²) in [7, 11) is 0.